The van der Waals surface area contributed by atoms with Crippen molar-refractivity contribution in [2.75, 3.05) is 19.8 Å². The van der Waals surface area contributed by atoms with E-state index in [1.165, 1.54) is 128 Å². The fraction of sp³-hybridized carbons (Fsp3) is 0.873. The molecule has 2 heterocycles. The van der Waals surface area contributed by atoms with Crippen LogP contribution in [0.3, 0.4) is 0 Å². The predicted octanol–water partition coefficient (Wildman–Crippen LogP) is 8.27. The van der Waals surface area contributed by atoms with Gasteiger partial charge in [-0.25, -0.2) is 0 Å². The molecule has 2 saturated heterocycles. The van der Waals surface area contributed by atoms with Gasteiger partial charge in [0.25, 0.3) is 0 Å². The first-order valence-corrected chi connectivity index (χ1v) is 27.7. The molecule has 14 nitrogen and oxygen atoms in total. The van der Waals surface area contributed by atoms with Gasteiger partial charge in [0.05, 0.1) is 32.0 Å². The van der Waals surface area contributed by atoms with Gasteiger partial charge in [-0.15, -0.1) is 0 Å². The molecule has 14 heteroatoms. The molecule has 69 heavy (non-hydrogen) atoms. The third-order valence-electron chi connectivity index (χ3n) is 13.5. The standard InChI is InChI=1S/C55H101NO13/c1-3-5-7-9-11-13-15-16-17-18-19-20-21-22-23-24-25-26-27-29-31-33-35-37-39-47(60)56-43(44(59)38-36-34-32-30-28-14-12-10-8-6-4-2)42-66-54-52(65)50(63)53(46(41-58)68-54)69-55-51(64)49(62)48(61)45(40-57)67-55/h8,10,28,30,36,38,43-46,48-55,57-59,61-65H,3-7,9,11-27,29,31-35,37,39-42H2,1-2H3,(H,56,60)/b10-8+,30-28+,38-36+. The van der Waals surface area contributed by atoms with Crippen LogP contribution in [0, 0.1) is 0 Å². The highest BCUT2D eigenvalue weighted by Crippen LogP contribution is 2.30. The SMILES string of the molecule is CCC/C=C/CC/C=C/CC/C=C/C(O)C(COC1OC(CO)C(OC2OC(CO)C(O)C(O)C2O)C(O)C1O)NC(=O)CCCCCCCCCCCCCCCCCCCCCCCCCC. The molecule has 404 valence electrons. The van der Waals surface area contributed by atoms with E-state index < -0.39 is 86.8 Å². The number of unbranched alkanes of at least 4 members (excludes halogenated alkanes) is 26. The molecule has 0 radical (unpaired) electrons. The van der Waals surface area contributed by atoms with Crippen LogP contribution in [-0.2, 0) is 23.7 Å². The second-order valence-electron chi connectivity index (χ2n) is 19.7. The zero-order chi connectivity index (χ0) is 50.3. The molecule has 0 bridgehead atoms. The Kier molecular flexibility index (Phi) is 38.2. The quantitative estimate of drug-likeness (QED) is 0.0207. The summed E-state index contributed by atoms with van der Waals surface area (Å²) in [5.74, 6) is -0.253. The molecule has 0 saturated carbocycles. The van der Waals surface area contributed by atoms with Crippen LogP contribution in [0.2, 0.25) is 0 Å². The summed E-state index contributed by atoms with van der Waals surface area (Å²) in [6, 6.07) is -0.933. The lowest BCUT2D eigenvalue weighted by Crippen LogP contribution is -2.65. The normalized spacial score (nSPS) is 26.4. The van der Waals surface area contributed by atoms with Crippen molar-refractivity contribution in [2.45, 2.75) is 286 Å². The monoisotopic (exact) mass is 984 g/mol. The first-order chi connectivity index (χ1) is 33.6. The molecular formula is C55H101NO13. The van der Waals surface area contributed by atoms with E-state index in [1.54, 1.807) is 6.08 Å². The number of amides is 1. The zero-order valence-electron chi connectivity index (χ0n) is 43.1. The lowest BCUT2D eigenvalue weighted by atomic mass is 9.97. The van der Waals surface area contributed by atoms with Gasteiger partial charge < -0.3 is 65.1 Å². The third kappa shape index (κ3) is 28.3. The molecule has 12 unspecified atom stereocenters. The molecule has 1 amide bonds. The van der Waals surface area contributed by atoms with Gasteiger partial charge in [-0.1, -0.05) is 204 Å². The Balaban J connectivity index is 1.73. The van der Waals surface area contributed by atoms with E-state index >= 15 is 0 Å². The van der Waals surface area contributed by atoms with Gasteiger partial charge >= 0.3 is 0 Å². The van der Waals surface area contributed by atoms with Crippen molar-refractivity contribution < 1.29 is 64.6 Å². The molecule has 9 N–H and O–H groups in total. The summed E-state index contributed by atoms with van der Waals surface area (Å²) in [6.45, 7) is 2.69. The van der Waals surface area contributed by atoms with Gasteiger partial charge in [-0.05, 0) is 38.5 Å². The van der Waals surface area contributed by atoms with E-state index in [4.69, 9.17) is 18.9 Å². The highest BCUT2D eigenvalue weighted by atomic mass is 16.7. The summed E-state index contributed by atoms with van der Waals surface area (Å²) >= 11 is 0. The van der Waals surface area contributed by atoms with E-state index in [9.17, 15) is 45.6 Å². The first-order valence-electron chi connectivity index (χ1n) is 27.7. The van der Waals surface area contributed by atoms with E-state index in [-0.39, 0.29) is 18.9 Å². The molecule has 12 atom stereocenters. The van der Waals surface area contributed by atoms with Crippen molar-refractivity contribution in [1.82, 2.24) is 5.32 Å². The summed E-state index contributed by atoms with van der Waals surface area (Å²) in [6.07, 6.45) is 32.1. The lowest BCUT2D eigenvalue weighted by molar-refractivity contribution is -0.359. The molecule has 0 aromatic heterocycles. The maximum absolute atomic E-state index is 13.2. The first kappa shape index (κ1) is 63.3. The zero-order valence-corrected chi connectivity index (χ0v) is 43.1. The van der Waals surface area contributed by atoms with E-state index in [0.29, 0.717) is 12.8 Å². The van der Waals surface area contributed by atoms with Crippen LogP contribution >= 0.6 is 0 Å². The number of hydrogen-bond donors (Lipinski definition) is 9. The number of rotatable bonds is 43. The number of allylic oxidation sites excluding steroid dienone is 5. The van der Waals surface area contributed by atoms with Gasteiger partial charge in [0, 0.05) is 6.42 Å². The third-order valence-corrected chi connectivity index (χ3v) is 13.5. The van der Waals surface area contributed by atoms with Gasteiger partial charge in [0.2, 0.25) is 5.91 Å². The molecule has 0 aromatic carbocycles. The Hall–Kier alpha value is -1.79. The van der Waals surface area contributed by atoms with Crippen LogP contribution < -0.4 is 5.32 Å². The average Bonchev–Trinajstić information content (AvgIpc) is 3.35. The Morgan fingerprint density at radius 2 is 0.928 bits per heavy atom. The largest absolute Gasteiger partial charge is 0.394 e. The average molecular weight is 984 g/mol. The maximum atomic E-state index is 13.2. The van der Waals surface area contributed by atoms with Crippen molar-refractivity contribution >= 4 is 5.91 Å². The number of aliphatic hydroxyl groups is 8. The lowest BCUT2D eigenvalue weighted by Gasteiger charge is -2.46. The molecule has 0 aliphatic carbocycles. The highest BCUT2D eigenvalue weighted by molar-refractivity contribution is 5.76. The van der Waals surface area contributed by atoms with Gasteiger partial charge in [-0.3, -0.25) is 4.79 Å². The molecule has 0 spiro atoms. The van der Waals surface area contributed by atoms with Crippen LogP contribution in [0.15, 0.2) is 36.5 Å². The summed E-state index contributed by atoms with van der Waals surface area (Å²) < 4.78 is 22.7. The minimum Gasteiger partial charge on any atom is -0.394 e. The van der Waals surface area contributed by atoms with Gasteiger partial charge in [-0.2, -0.15) is 0 Å². The molecule has 2 rings (SSSR count). The van der Waals surface area contributed by atoms with Crippen LogP contribution in [-0.4, -0.2) is 140 Å². The van der Waals surface area contributed by atoms with E-state index in [1.807, 2.05) is 6.08 Å². The van der Waals surface area contributed by atoms with E-state index in [0.717, 1.165) is 51.4 Å². The number of ether oxygens (including phenoxy) is 4. The second kappa shape index (κ2) is 41.7. The topological polar surface area (TPSA) is 228 Å². The van der Waals surface area contributed by atoms with Gasteiger partial charge in [0.1, 0.15) is 48.8 Å². The summed E-state index contributed by atoms with van der Waals surface area (Å²) in [5, 5.41) is 86.7. The molecular weight excluding hydrogens is 883 g/mol. The minimum atomic E-state index is -1.79. The van der Waals surface area contributed by atoms with Crippen molar-refractivity contribution in [1.29, 1.82) is 0 Å². The van der Waals surface area contributed by atoms with Crippen LogP contribution in [0.4, 0.5) is 0 Å². The second-order valence-corrected chi connectivity index (χ2v) is 19.7. The Morgan fingerprint density at radius 1 is 0.507 bits per heavy atom. The number of hydrogen-bond acceptors (Lipinski definition) is 13. The molecule has 0 aromatic rings. The van der Waals surface area contributed by atoms with Crippen molar-refractivity contribution in [3.8, 4) is 0 Å². The fourth-order valence-corrected chi connectivity index (χ4v) is 9.04. The van der Waals surface area contributed by atoms with Crippen molar-refractivity contribution in [3.63, 3.8) is 0 Å². The minimum absolute atomic E-state index is 0.253. The Labute approximate surface area is 417 Å². The Morgan fingerprint density at radius 3 is 1.39 bits per heavy atom. The summed E-state index contributed by atoms with van der Waals surface area (Å²) in [5.41, 5.74) is 0. The predicted molar refractivity (Wildman–Crippen MR) is 272 cm³/mol. The van der Waals surface area contributed by atoms with Crippen LogP contribution in [0.5, 0.6) is 0 Å². The number of carbonyl (C=O) groups excluding carboxylic acids is 1. The van der Waals surface area contributed by atoms with Crippen molar-refractivity contribution in [3.05, 3.63) is 36.5 Å². The highest BCUT2D eigenvalue weighted by Gasteiger charge is 2.51. The Bertz CT molecular complexity index is 1300. The maximum Gasteiger partial charge on any atom is 0.220 e. The molecule has 2 fully saturated rings. The fourth-order valence-electron chi connectivity index (χ4n) is 9.04. The number of nitrogens with one attached hydrogen (secondary N) is 1. The summed E-state index contributed by atoms with van der Waals surface area (Å²) in [7, 11) is 0. The molecule has 2 aliphatic heterocycles. The van der Waals surface area contributed by atoms with Crippen LogP contribution in [0.25, 0.3) is 0 Å². The van der Waals surface area contributed by atoms with E-state index in [2.05, 4.69) is 43.5 Å². The summed E-state index contributed by atoms with van der Waals surface area (Å²) in [4.78, 5) is 13.2. The van der Waals surface area contributed by atoms with Gasteiger partial charge in [0.15, 0.2) is 12.6 Å². The van der Waals surface area contributed by atoms with Crippen molar-refractivity contribution in [2.24, 2.45) is 0 Å². The molecule has 2 aliphatic rings. The van der Waals surface area contributed by atoms with Crippen LogP contribution in [0.1, 0.15) is 213 Å². The number of aliphatic hydroxyl groups excluding tert-OH is 8. The number of carbonyl (C=O) groups is 1. The smallest absolute Gasteiger partial charge is 0.220 e.